The van der Waals surface area contributed by atoms with Crippen molar-refractivity contribution < 1.29 is 4.79 Å². The van der Waals surface area contributed by atoms with Crippen LogP contribution >= 0.6 is 0 Å². The van der Waals surface area contributed by atoms with Gasteiger partial charge >= 0.3 is 0 Å². The number of anilines is 1. The molecule has 0 saturated carbocycles. The first kappa shape index (κ1) is 14.0. The molecule has 1 aromatic heterocycles. The van der Waals surface area contributed by atoms with Crippen molar-refractivity contribution in [3.63, 3.8) is 0 Å². The number of nitrogens with zero attached hydrogens (tertiary/aromatic N) is 2. The predicted molar refractivity (Wildman–Crippen MR) is 77.8 cm³/mol. The molecule has 1 heterocycles. The third-order valence-electron chi connectivity index (χ3n) is 3.03. The van der Waals surface area contributed by atoms with Crippen molar-refractivity contribution in [1.82, 2.24) is 20.5 Å². The number of aromatic nitrogens is 3. The highest BCUT2D eigenvalue weighted by molar-refractivity contribution is 5.99. The van der Waals surface area contributed by atoms with Gasteiger partial charge in [0.2, 0.25) is 0 Å². The number of carbonyl (C=O) groups excluding carboxylic acids is 1. The Hall–Kier alpha value is -2.37. The Morgan fingerprint density at radius 1 is 1.40 bits per heavy atom. The van der Waals surface area contributed by atoms with Crippen molar-refractivity contribution in [3.8, 4) is 0 Å². The summed E-state index contributed by atoms with van der Waals surface area (Å²) in [5, 5.41) is 12.5. The fraction of sp³-hybridized carbons (Fsp3) is 0.357. The van der Waals surface area contributed by atoms with Crippen molar-refractivity contribution in [2.45, 2.75) is 19.8 Å². The Balaban J connectivity index is 1.85. The van der Waals surface area contributed by atoms with Gasteiger partial charge in [0.05, 0.1) is 5.56 Å². The van der Waals surface area contributed by atoms with Gasteiger partial charge in [-0.25, -0.2) is 4.98 Å². The van der Waals surface area contributed by atoms with Crippen LogP contribution in [0.5, 0.6) is 0 Å². The maximum Gasteiger partial charge on any atom is 0.253 e. The SMILES string of the molecule is CNc1cc(C)ccc1C(=O)NCCCc1ncn[nH]1. The smallest absolute Gasteiger partial charge is 0.253 e. The Labute approximate surface area is 118 Å². The van der Waals surface area contributed by atoms with E-state index in [0.717, 1.165) is 29.9 Å². The van der Waals surface area contributed by atoms with Gasteiger partial charge in [0.15, 0.2) is 0 Å². The minimum absolute atomic E-state index is 0.0630. The van der Waals surface area contributed by atoms with Gasteiger partial charge < -0.3 is 10.6 Å². The first-order valence-electron chi connectivity index (χ1n) is 6.61. The fourth-order valence-corrected chi connectivity index (χ4v) is 1.97. The average Bonchev–Trinajstić information content (AvgIpc) is 2.96. The molecule has 0 aliphatic heterocycles. The maximum absolute atomic E-state index is 12.1. The third-order valence-corrected chi connectivity index (χ3v) is 3.03. The van der Waals surface area contributed by atoms with E-state index in [2.05, 4.69) is 25.8 Å². The minimum Gasteiger partial charge on any atom is -0.387 e. The van der Waals surface area contributed by atoms with Gasteiger partial charge in [0.1, 0.15) is 12.2 Å². The predicted octanol–water partition coefficient (Wildman–Crippen LogP) is 1.52. The van der Waals surface area contributed by atoms with Gasteiger partial charge in [-0.1, -0.05) is 6.07 Å². The number of aromatic amines is 1. The van der Waals surface area contributed by atoms with Crippen LogP contribution < -0.4 is 10.6 Å². The van der Waals surface area contributed by atoms with Crippen LogP contribution in [0, 0.1) is 6.92 Å². The molecule has 1 aromatic carbocycles. The Morgan fingerprint density at radius 2 is 2.25 bits per heavy atom. The van der Waals surface area contributed by atoms with E-state index >= 15 is 0 Å². The lowest BCUT2D eigenvalue weighted by atomic mass is 10.1. The summed E-state index contributed by atoms with van der Waals surface area (Å²) in [6, 6.07) is 5.74. The molecule has 1 amide bonds. The van der Waals surface area contributed by atoms with E-state index in [0.29, 0.717) is 12.1 Å². The zero-order valence-corrected chi connectivity index (χ0v) is 11.7. The number of hydrogen-bond acceptors (Lipinski definition) is 4. The van der Waals surface area contributed by atoms with Gasteiger partial charge in [-0.05, 0) is 31.0 Å². The maximum atomic E-state index is 12.1. The lowest BCUT2D eigenvalue weighted by Gasteiger charge is -2.10. The van der Waals surface area contributed by atoms with Crippen LogP contribution in [0.15, 0.2) is 24.5 Å². The zero-order chi connectivity index (χ0) is 14.4. The lowest BCUT2D eigenvalue weighted by molar-refractivity contribution is 0.0954. The standard InChI is InChI=1S/C14H19N5O/c1-10-5-6-11(12(8-10)15-2)14(20)16-7-3-4-13-17-9-18-19-13/h5-6,8-9,15H,3-4,7H2,1-2H3,(H,16,20)(H,17,18,19). The molecule has 2 aromatic rings. The molecule has 0 atom stereocenters. The molecule has 0 radical (unpaired) electrons. The number of carbonyl (C=O) groups is 1. The molecule has 0 saturated heterocycles. The average molecular weight is 273 g/mol. The molecular weight excluding hydrogens is 254 g/mol. The van der Waals surface area contributed by atoms with E-state index in [-0.39, 0.29) is 5.91 Å². The number of amides is 1. The lowest BCUT2D eigenvalue weighted by Crippen LogP contribution is -2.25. The van der Waals surface area contributed by atoms with E-state index in [4.69, 9.17) is 0 Å². The second kappa shape index (κ2) is 6.70. The quantitative estimate of drug-likeness (QED) is 0.697. The van der Waals surface area contributed by atoms with E-state index in [1.165, 1.54) is 6.33 Å². The largest absolute Gasteiger partial charge is 0.387 e. The highest BCUT2D eigenvalue weighted by Gasteiger charge is 2.10. The van der Waals surface area contributed by atoms with Crippen molar-refractivity contribution in [2.24, 2.45) is 0 Å². The summed E-state index contributed by atoms with van der Waals surface area (Å²) >= 11 is 0. The second-order valence-corrected chi connectivity index (χ2v) is 4.59. The molecule has 0 unspecified atom stereocenters. The van der Waals surface area contributed by atoms with Crippen molar-refractivity contribution in [2.75, 3.05) is 18.9 Å². The van der Waals surface area contributed by atoms with E-state index in [1.807, 2.05) is 32.2 Å². The number of rotatable bonds is 6. The molecule has 6 heteroatoms. The number of hydrogen-bond donors (Lipinski definition) is 3. The summed E-state index contributed by atoms with van der Waals surface area (Å²) in [7, 11) is 1.81. The summed E-state index contributed by atoms with van der Waals surface area (Å²) < 4.78 is 0. The normalized spacial score (nSPS) is 10.3. The van der Waals surface area contributed by atoms with Crippen molar-refractivity contribution in [1.29, 1.82) is 0 Å². The van der Waals surface area contributed by atoms with Crippen molar-refractivity contribution >= 4 is 11.6 Å². The van der Waals surface area contributed by atoms with E-state index in [9.17, 15) is 4.79 Å². The molecule has 0 bridgehead atoms. The highest BCUT2D eigenvalue weighted by Crippen LogP contribution is 2.16. The van der Waals surface area contributed by atoms with E-state index < -0.39 is 0 Å². The molecule has 0 spiro atoms. The zero-order valence-electron chi connectivity index (χ0n) is 11.7. The van der Waals surface area contributed by atoms with Gasteiger partial charge in [0, 0.05) is 25.7 Å². The molecular formula is C14H19N5O. The Bertz CT molecular complexity index is 565. The summed E-state index contributed by atoms with van der Waals surface area (Å²) in [6.07, 6.45) is 3.08. The van der Waals surface area contributed by atoms with Crippen LogP contribution in [-0.2, 0) is 6.42 Å². The van der Waals surface area contributed by atoms with Crippen LogP contribution in [0.1, 0.15) is 28.2 Å². The second-order valence-electron chi connectivity index (χ2n) is 4.59. The Morgan fingerprint density at radius 3 is 2.95 bits per heavy atom. The first-order chi connectivity index (χ1) is 9.70. The molecule has 106 valence electrons. The van der Waals surface area contributed by atoms with Crippen LogP contribution in [0.4, 0.5) is 5.69 Å². The number of nitrogens with one attached hydrogen (secondary N) is 3. The summed E-state index contributed by atoms with van der Waals surface area (Å²) in [6.45, 7) is 2.61. The Kier molecular flexibility index (Phi) is 4.70. The number of benzene rings is 1. The molecule has 0 aliphatic carbocycles. The fourth-order valence-electron chi connectivity index (χ4n) is 1.97. The third kappa shape index (κ3) is 3.57. The molecule has 2 rings (SSSR count). The van der Waals surface area contributed by atoms with Crippen LogP contribution in [-0.4, -0.2) is 34.7 Å². The summed E-state index contributed by atoms with van der Waals surface area (Å²) in [5.41, 5.74) is 2.63. The minimum atomic E-state index is -0.0630. The number of H-pyrrole nitrogens is 1. The number of aryl methyl sites for hydroxylation is 2. The van der Waals surface area contributed by atoms with Crippen LogP contribution in [0.3, 0.4) is 0 Å². The van der Waals surface area contributed by atoms with Crippen LogP contribution in [0.2, 0.25) is 0 Å². The topological polar surface area (TPSA) is 82.7 Å². The molecule has 0 aliphatic rings. The molecule has 0 fully saturated rings. The van der Waals surface area contributed by atoms with Gasteiger partial charge in [-0.3, -0.25) is 9.89 Å². The first-order valence-corrected chi connectivity index (χ1v) is 6.61. The van der Waals surface area contributed by atoms with Crippen LogP contribution in [0.25, 0.3) is 0 Å². The summed E-state index contributed by atoms with van der Waals surface area (Å²) in [4.78, 5) is 16.1. The molecule has 6 nitrogen and oxygen atoms in total. The van der Waals surface area contributed by atoms with Gasteiger partial charge in [0.25, 0.3) is 5.91 Å². The monoisotopic (exact) mass is 273 g/mol. The molecule has 3 N–H and O–H groups in total. The van der Waals surface area contributed by atoms with Crippen molar-refractivity contribution in [3.05, 3.63) is 41.5 Å². The van der Waals surface area contributed by atoms with E-state index in [1.54, 1.807) is 0 Å². The van der Waals surface area contributed by atoms with Gasteiger partial charge in [-0.2, -0.15) is 5.10 Å². The van der Waals surface area contributed by atoms with Gasteiger partial charge in [-0.15, -0.1) is 0 Å². The summed E-state index contributed by atoms with van der Waals surface area (Å²) in [5.74, 6) is 0.775. The highest BCUT2D eigenvalue weighted by atomic mass is 16.1. The molecule has 20 heavy (non-hydrogen) atoms.